The van der Waals surface area contributed by atoms with Crippen molar-refractivity contribution in [2.75, 3.05) is 25.6 Å². The van der Waals surface area contributed by atoms with E-state index in [-0.39, 0.29) is 5.97 Å². The number of methoxy groups -OCH3 is 1. The number of benzene rings is 2. The quantitative estimate of drug-likeness (QED) is 0.626. The van der Waals surface area contributed by atoms with Crippen LogP contribution in [-0.2, 0) is 4.74 Å². The van der Waals surface area contributed by atoms with Crippen molar-refractivity contribution in [3.05, 3.63) is 60.2 Å². The van der Waals surface area contributed by atoms with E-state index in [2.05, 4.69) is 5.32 Å². The number of ether oxygens (including phenoxy) is 2. The third-order valence-corrected chi connectivity index (χ3v) is 2.98. The van der Waals surface area contributed by atoms with Gasteiger partial charge in [0.1, 0.15) is 11.3 Å². The molecule has 2 aromatic rings. The summed E-state index contributed by atoms with van der Waals surface area (Å²) in [5.74, 6) is 0.178. The van der Waals surface area contributed by atoms with Gasteiger partial charge in [-0.05, 0) is 30.7 Å². The van der Waals surface area contributed by atoms with Gasteiger partial charge < -0.3 is 14.8 Å². The van der Waals surface area contributed by atoms with Crippen LogP contribution in [0.1, 0.15) is 16.8 Å². The van der Waals surface area contributed by atoms with Crippen molar-refractivity contribution < 1.29 is 14.3 Å². The van der Waals surface area contributed by atoms with Crippen molar-refractivity contribution in [3.63, 3.8) is 0 Å². The maximum absolute atomic E-state index is 11.9. The van der Waals surface area contributed by atoms with Gasteiger partial charge in [0.15, 0.2) is 0 Å². The molecule has 0 aliphatic carbocycles. The van der Waals surface area contributed by atoms with E-state index in [0.29, 0.717) is 17.9 Å². The molecule has 2 aromatic carbocycles. The molecule has 0 atom stereocenters. The molecule has 0 saturated carbocycles. The average molecular weight is 285 g/mol. The van der Waals surface area contributed by atoms with E-state index in [1.807, 2.05) is 36.4 Å². The lowest BCUT2D eigenvalue weighted by molar-refractivity contribution is 0.0500. The number of nitrogens with one attached hydrogen (secondary N) is 1. The van der Waals surface area contributed by atoms with Gasteiger partial charge in [-0.1, -0.05) is 30.3 Å². The normalized spacial score (nSPS) is 9.95. The van der Waals surface area contributed by atoms with Gasteiger partial charge in [-0.3, -0.25) is 0 Å². The van der Waals surface area contributed by atoms with Gasteiger partial charge in [-0.15, -0.1) is 0 Å². The molecule has 0 amide bonds. The Hall–Kier alpha value is -2.49. The average Bonchev–Trinajstić information content (AvgIpc) is 2.55. The first-order chi connectivity index (χ1) is 10.3. The van der Waals surface area contributed by atoms with Crippen molar-refractivity contribution in [1.29, 1.82) is 0 Å². The van der Waals surface area contributed by atoms with Crippen LogP contribution in [0.2, 0.25) is 0 Å². The predicted octanol–water partition coefficient (Wildman–Crippen LogP) is 3.35. The van der Waals surface area contributed by atoms with Crippen molar-refractivity contribution in [3.8, 4) is 5.75 Å². The summed E-state index contributed by atoms with van der Waals surface area (Å²) in [7, 11) is 1.54. The Labute approximate surface area is 124 Å². The summed E-state index contributed by atoms with van der Waals surface area (Å²) in [6.45, 7) is 1.12. The van der Waals surface area contributed by atoms with Crippen LogP contribution in [0.15, 0.2) is 54.6 Å². The Morgan fingerprint density at radius 3 is 2.52 bits per heavy atom. The molecule has 0 fully saturated rings. The fourth-order valence-electron chi connectivity index (χ4n) is 1.92. The van der Waals surface area contributed by atoms with Crippen LogP contribution >= 0.6 is 0 Å². The maximum Gasteiger partial charge on any atom is 0.341 e. The van der Waals surface area contributed by atoms with Crippen LogP contribution in [-0.4, -0.2) is 26.2 Å². The molecule has 0 saturated heterocycles. The molecule has 0 aromatic heterocycles. The molecule has 0 unspecified atom stereocenters. The van der Waals surface area contributed by atoms with Crippen molar-refractivity contribution in [2.45, 2.75) is 6.42 Å². The van der Waals surface area contributed by atoms with E-state index in [9.17, 15) is 4.79 Å². The Bertz CT molecular complexity index is 569. The molecule has 0 aliphatic heterocycles. The number of para-hydroxylation sites is 2. The zero-order valence-corrected chi connectivity index (χ0v) is 12.0. The highest BCUT2D eigenvalue weighted by atomic mass is 16.5. The second-order valence-electron chi connectivity index (χ2n) is 4.48. The number of rotatable bonds is 7. The van der Waals surface area contributed by atoms with Crippen LogP contribution in [0.5, 0.6) is 5.75 Å². The standard InChI is InChI=1S/C17H19NO3/c1-20-16-11-6-5-10-15(16)17(19)21-13-7-12-18-14-8-3-2-4-9-14/h2-6,8-11,18H,7,12-13H2,1H3. The fourth-order valence-corrected chi connectivity index (χ4v) is 1.92. The lowest BCUT2D eigenvalue weighted by Crippen LogP contribution is -2.11. The minimum Gasteiger partial charge on any atom is -0.496 e. The first-order valence-electron chi connectivity index (χ1n) is 6.90. The van der Waals surface area contributed by atoms with Crippen LogP contribution in [0.4, 0.5) is 5.69 Å². The van der Waals surface area contributed by atoms with Gasteiger partial charge in [0.2, 0.25) is 0 Å². The highest BCUT2D eigenvalue weighted by Gasteiger charge is 2.12. The Morgan fingerprint density at radius 1 is 1.05 bits per heavy atom. The Kier molecular flexibility index (Phi) is 5.64. The monoisotopic (exact) mass is 285 g/mol. The molecule has 110 valence electrons. The summed E-state index contributed by atoms with van der Waals surface area (Å²) in [6, 6.07) is 17.0. The molecule has 4 heteroatoms. The van der Waals surface area contributed by atoms with Gasteiger partial charge >= 0.3 is 5.97 Å². The van der Waals surface area contributed by atoms with Crippen LogP contribution < -0.4 is 10.1 Å². The van der Waals surface area contributed by atoms with Crippen molar-refractivity contribution in [1.82, 2.24) is 0 Å². The van der Waals surface area contributed by atoms with E-state index in [1.54, 1.807) is 18.2 Å². The number of anilines is 1. The van der Waals surface area contributed by atoms with Crippen LogP contribution in [0, 0.1) is 0 Å². The summed E-state index contributed by atoms with van der Waals surface area (Å²) >= 11 is 0. The van der Waals surface area contributed by atoms with Crippen molar-refractivity contribution >= 4 is 11.7 Å². The second-order valence-corrected chi connectivity index (χ2v) is 4.48. The summed E-state index contributed by atoms with van der Waals surface area (Å²) in [6.07, 6.45) is 0.746. The maximum atomic E-state index is 11.9. The Balaban J connectivity index is 1.72. The van der Waals surface area contributed by atoms with E-state index in [4.69, 9.17) is 9.47 Å². The van der Waals surface area contributed by atoms with Gasteiger partial charge in [0, 0.05) is 12.2 Å². The third-order valence-electron chi connectivity index (χ3n) is 2.98. The highest BCUT2D eigenvalue weighted by molar-refractivity contribution is 5.92. The van der Waals surface area contributed by atoms with Gasteiger partial charge in [-0.2, -0.15) is 0 Å². The van der Waals surface area contributed by atoms with Crippen LogP contribution in [0.25, 0.3) is 0 Å². The smallest absolute Gasteiger partial charge is 0.341 e. The zero-order valence-electron chi connectivity index (χ0n) is 12.0. The molecule has 4 nitrogen and oxygen atoms in total. The fraction of sp³-hybridized carbons (Fsp3) is 0.235. The van der Waals surface area contributed by atoms with Gasteiger partial charge in [-0.25, -0.2) is 4.79 Å². The lowest BCUT2D eigenvalue weighted by Gasteiger charge is -2.09. The molecule has 0 radical (unpaired) electrons. The first kappa shape index (κ1) is 14.9. The molecule has 0 bridgehead atoms. The number of hydrogen-bond acceptors (Lipinski definition) is 4. The lowest BCUT2D eigenvalue weighted by atomic mass is 10.2. The molecule has 0 aliphatic rings. The molecule has 0 heterocycles. The molecule has 1 N–H and O–H groups in total. The van der Waals surface area contributed by atoms with Crippen molar-refractivity contribution in [2.24, 2.45) is 0 Å². The second kappa shape index (κ2) is 7.94. The number of carbonyl (C=O) groups excluding carboxylic acids is 1. The van der Waals surface area contributed by atoms with E-state index < -0.39 is 0 Å². The van der Waals surface area contributed by atoms with Crippen LogP contribution in [0.3, 0.4) is 0 Å². The molecular formula is C17H19NO3. The summed E-state index contributed by atoms with van der Waals surface area (Å²) in [5.41, 5.74) is 1.52. The number of esters is 1. The highest BCUT2D eigenvalue weighted by Crippen LogP contribution is 2.18. The molecule has 21 heavy (non-hydrogen) atoms. The minimum atomic E-state index is -0.354. The van der Waals surface area contributed by atoms with E-state index in [1.165, 1.54) is 7.11 Å². The van der Waals surface area contributed by atoms with Gasteiger partial charge in [0.25, 0.3) is 0 Å². The SMILES string of the molecule is COc1ccccc1C(=O)OCCCNc1ccccc1. The number of hydrogen-bond donors (Lipinski definition) is 1. The summed E-state index contributed by atoms with van der Waals surface area (Å²) in [5, 5.41) is 3.26. The summed E-state index contributed by atoms with van der Waals surface area (Å²) in [4.78, 5) is 11.9. The topological polar surface area (TPSA) is 47.6 Å². The van der Waals surface area contributed by atoms with E-state index in [0.717, 1.165) is 18.7 Å². The zero-order chi connectivity index (χ0) is 14.9. The molecule has 0 spiro atoms. The Morgan fingerprint density at radius 2 is 1.76 bits per heavy atom. The van der Waals surface area contributed by atoms with Gasteiger partial charge in [0.05, 0.1) is 13.7 Å². The minimum absolute atomic E-state index is 0.354. The van der Waals surface area contributed by atoms with E-state index >= 15 is 0 Å². The molecular weight excluding hydrogens is 266 g/mol. The predicted molar refractivity (Wildman–Crippen MR) is 82.8 cm³/mol. The first-order valence-corrected chi connectivity index (χ1v) is 6.90. The number of carbonyl (C=O) groups is 1. The molecule has 2 rings (SSSR count). The largest absolute Gasteiger partial charge is 0.496 e. The summed E-state index contributed by atoms with van der Waals surface area (Å²) < 4.78 is 10.4. The third kappa shape index (κ3) is 4.53.